The minimum Gasteiger partial charge on any atom is -0.273 e. The molecule has 0 aliphatic heterocycles. The van der Waals surface area contributed by atoms with Gasteiger partial charge >= 0.3 is 0 Å². The summed E-state index contributed by atoms with van der Waals surface area (Å²) in [6.45, 7) is 4.05. The first kappa shape index (κ1) is 14.1. The van der Waals surface area contributed by atoms with Crippen LogP contribution in [0.3, 0.4) is 0 Å². The Morgan fingerprint density at radius 3 is 2.55 bits per heavy atom. The molecule has 102 valence electrons. The van der Waals surface area contributed by atoms with Gasteiger partial charge < -0.3 is 0 Å². The van der Waals surface area contributed by atoms with Crippen molar-refractivity contribution >= 4 is 17.0 Å². The zero-order valence-corrected chi connectivity index (χ0v) is 12.2. The Balaban J connectivity index is 2.47. The Kier molecular flexibility index (Phi) is 4.72. The largest absolute Gasteiger partial charge is 0.273 e. The number of pyridine rings is 1. The van der Waals surface area contributed by atoms with Gasteiger partial charge in [0.15, 0.2) is 0 Å². The van der Waals surface area contributed by atoms with Crippen LogP contribution in [0.25, 0.3) is 17.0 Å². The van der Waals surface area contributed by atoms with Gasteiger partial charge in [-0.15, -0.1) is 0 Å². The van der Waals surface area contributed by atoms with E-state index < -0.39 is 0 Å². The highest BCUT2D eigenvalue weighted by Gasteiger charge is 2.14. The van der Waals surface area contributed by atoms with E-state index in [0.29, 0.717) is 0 Å². The Hall–Kier alpha value is -2.35. The van der Waals surface area contributed by atoms with E-state index in [4.69, 9.17) is 4.84 Å². The van der Waals surface area contributed by atoms with E-state index >= 15 is 0 Å². The van der Waals surface area contributed by atoms with Gasteiger partial charge in [0.2, 0.25) is 0 Å². The lowest BCUT2D eigenvalue weighted by Gasteiger charge is -2.00. The molecule has 0 bridgehead atoms. The van der Waals surface area contributed by atoms with Crippen LogP contribution in [0, 0.1) is 0 Å². The Morgan fingerprint density at radius 1 is 1.05 bits per heavy atom. The van der Waals surface area contributed by atoms with E-state index in [9.17, 15) is 0 Å². The van der Waals surface area contributed by atoms with Crippen LogP contribution in [0.1, 0.15) is 19.5 Å². The highest BCUT2D eigenvalue weighted by Crippen LogP contribution is 2.11. The number of nitrogens with zero attached hydrogens (tertiary/aromatic N) is 1. The predicted octanol–water partition coefficient (Wildman–Crippen LogP) is 3.72. The molecule has 1 aromatic carbocycles. The summed E-state index contributed by atoms with van der Waals surface area (Å²) in [4.78, 5) is 5.51. The van der Waals surface area contributed by atoms with Crippen LogP contribution in [0.15, 0.2) is 66.3 Å². The van der Waals surface area contributed by atoms with Crippen molar-refractivity contribution in [2.24, 2.45) is 0 Å². The van der Waals surface area contributed by atoms with Crippen molar-refractivity contribution in [3.63, 3.8) is 0 Å². The summed E-state index contributed by atoms with van der Waals surface area (Å²) in [5.41, 5.74) is 3.24. The van der Waals surface area contributed by atoms with Crippen molar-refractivity contribution in [1.29, 1.82) is 0 Å². The van der Waals surface area contributed by atoms with Gasteiger partial charge in [0.05, 0.1) is 5.39 Å². The maximum absolute atomic E-state index is 5.51. The van der Waals surface area contributed by atoms with Gasteiger partial charge in [0.25, 0.3) is 11.2 Å². The van der Waals surface area contributed by atoms with Crippen molar-refractivity contribution in [2.45, 2.75) is 13.8 Å². The minimum absolute atomic E-state index is 1.01. The summed E-state index contributed by atoms with van der Waals surface area (Å²) >= 11 is 0. The smallest absolute Gasteiger partial charge is 0.265 e. The number of hydrogen-bond donors (Lipinski definition) is 0. The monoisotopic (exact) mass is 266 g/mol. The van der Waals surface area contributed by atoms with Crippen LogP contribution in [-0.4, -0.2) is 7.11 Å². The van der Waals surface area contributed by atoms with Gasteiger partial charge in [0, 0.05) is 22.9 Å². The van der Waals surface area contributed by atoms with Crippen LogP contribution in [0.4, 0.5) is 0 Å². The second kappa shape index (κ2) is 6.71. The summed E-state index contributed by atoms with van der Waals surface area (Å²) < 4.78 is 1.84. The maximum Gasteiger partial charge on any atom is 0.265 e. The molecule has 2 nitrogen and oxygen atoms in total. The van der Waals surface area contributed by atoms with E-state index in [-0.39, 0.29) is 0 Å². The van der Waals surface area contributed by atoms with Gasteiger partial charge in [-0.2, -0.15) is 0 Å². The molecule has 0 unspecified atom stereocenters. The SMILES string of the molecule is C/C=C\C(C=Cc1ccc2ccccc2[n+]1OC)=C/C. The molecule has 2 rings (SSSR count). The minimum atomic E-state index is 1.01. The van der Waals surface area contributed by atoms with Gasteiger partial charge in [-0.05, 0) is 37.6 Å². The molecular weight excluding hydrogens is 246 g/mol. The number of allylic oxidation sites excluding steroid dienone is 5. The van der Waals surface area contributed by atoms with Gasteiger partial charge in [-0.25, -0.2) is 0 Å². The van der Waals surface area contributed by atoms with Gasteiger partial charge in [0.1, 0.15) is 7.11 Å². The van der Waals surface area contributed by atoms with E-state index in [0.717, 1.165) is 16.6 Å². The molecule has 0 radical (unpaired) electrons. The number of rotatable bonds is 4. The molecule has 2 aromatic rings. The summed E-state index contributed by atoms with van der Waals surface area (Å²) in [5.74, 6) is 0. The second-order valence-electron chi connectivity index (χ2n) is 4.42. The Bertz CT molecular complexity index is 681. The lowest BCUT2D eigenvalue weighted by atomic mass is 10.1. The Labute approximate surface area is 120 Å². The molecule has 0 N–H and O–H groups in total. The molecule has 0 aliphatic rings. The van der Waals surface area contributed by atoms with Crippen molar-refractivity contribution < 1.29 is 9.57 Å². The zero-order valence-electron chi connectivity index (χ0n) is 12.2. The zero-order chi connectivity index (χ0) is 14.4. The summed E-state index contributed by atoms with van der Waals surface area (Å²) in [6, 6.07) is 12.3. The fraction of sp³-hybridized carbons (Fsp3) is 0.167. The first-order chi connectivity index (χ1) is 9.80. The number of fused-ring (bicyclic) bond motifs is 1. The van der Waals surface area contributed by atoms with Crippen LogP contribution in [0.5, 0.6) is 0 Å². The fourth-order valence-electron chi connectivity index (χ4n) is 2.14. The van der Waals surface area contributed by atoms with Crippen LogP contribution in [-0.2, 0) is 0 Å². The molecule has 1 heterocycles. The van der Waals surface area contributed by atoms with Crippen molar-refractivity contribution in [1.82, 2.24) is 0 Å². The molecule has 2 heteroatoms. The van der Waals surface area contributed by atoms with E-state index in [2.05, 4.69) is 48.6 Å². The molecule has 0 atom stereocenters. The first-order valence-electron chi connectivity index (χ1n) is 6.75. The summed E-state index contributed by atoms with van der Waals surface area (Å²) in [6.07, 6.45) is 10.3. The topological polar surface area (TPSA) is 13.1 Å². The molecule has 0 spiro atoms. The highest BCUT2D eigenvalue weighted by molar-refractivity contribution is 5.76. The number of hydrogen-bond acceptors (Lipinski definition) is 1. The highest BCUT2D eigenvalue weighted by atomic mass is 16.6. The normalized spacial score (nSPS) is 12.7. The lowest BCUT2D eigenvalue weighted by molar-refractivity contribution is -0.866. The first-order valence-corrected chi connectivity index (χ1v) is 6.75. The fourth-order valence-corrected chi connectivity index (χ4v) is 2.14. The van der Waals surface area contributed by atoms with Gasteiger partial charge in [-0.3, -0.25) is 4.84 Å². The van der Waals surface area contributed by atoms with Gasteiger partial charge in [-0.1, -0.05) is 30.4 Å². The molecule has 0 aliphatic carbocycles. The maximum atomic E-state index is 5.51. The molecule has 0 amide bonds. The molecule has 0 fully saturated rings. The molecule has 0 saturated carbocycles. The van der Waals surface area contributed by atoms with Crippen LogP contribution >= 0.6 is 0 Å². The third-order valence-corrected chi connectivity index (χ3v) is 3.15. The number of benzene rings is 1. The second-order valence-corrected chi connectivity index (χ2v) is 4.42. The molecule has 0 saturated heterocycles. The number of aromatic nitrogens is 1. The lowest BCUT2D eigenvalue weighted by Crippen LogP contribution is -2.44. The van der Waals surface area contributed by atoms with Crippen molar-refractivity contribution in [2.75, 3.05) is 7.11 Å². The van der Waals surface area contributed by atoms with Crippen LogP contribution < -0.4 is 9.57 Å². The average Bonchev–Trinajstić information content (AvgIpc) is 2.50. The average molecular weight is 266 g/mol. The van der Waals surface area contributed by atoms with Crippen molar-refractivity contribution in [3.8, 4) is 0 Å². The van der Waals surface area contributed by atoms with Crippen LogP contribution in [0.2, 0.25) is 0 Å². The molecular formula is C18H20NO+. The summed E-state index contributed by atoms with van der Waals surface area (Å²) in [5, 5.41) is 1.16. The van der Waals surface area contributed by atoms with Crippen molar-refractivity contribution in [3.05, 3.63) is 72.0 Å². The van der Waals surface area contributed by atoms with E-state index in [1.165, 1.54) is 5.57 Å². The van der Waals surface area contributed by atoms with E-state index in [1.54, 1.807) is 7.11 Å². The quantitative estimate of drug-likeness (QED) is 0.607. The van der Waals surface area contributed by atoms with E-state index in [1.807, 2.05) is 36.8 Å². The molecule has 20 heavy (non-hydrogen) atoms. The third kappa shape index (κ3) is 2.97. The summed E-state index contributed by atoms with van der Waals surface area (Å²) in [7, 11) is 1.69. The third-order valence-electron chi connectivity index (χ3n) is 3.15. The predicted molar refractivity (Wildman–Crippen MR) is 84.3 cm³/mol. The molecule has 1 aromatic heterocycles. The standard InChI is InChI=1S/C18H20NO/c1-4-8-15(5-2)11-13-17-14-12-16-9-6-7-10-18(16)19(17)20-3/h4-14H,1-3H3/q+1/b8-4-,13-11?,15-5+. The number of para-hydroxylation sites is 1. The Morgan fingerprint density at radius 2 is 1.85 bits per heavy atom.